The fourth-order valence-electron chi connectivity index (χ4n) is 3.03. The number of hydrogen-bond acceptors (Lipinski definition) is 2. The molecule has 0 aliphatic carbocycles. The van der Waals surface area contributed by atoms with E-state index in [1.807, 2.05) is 12.1 Å². The van der Waals surface area contributed by atoms with Crippen LogP contribution in [0.25, 0.3) is 0 Å². The summed E-state index contributed by atoms with van der Waals surface area (Å²) in [7, 11) is 0. The minimum atomic E-state index is 0.473. The highest BCUT2D eigenvalue weighted by atomic mass is 32.1. The molecule has 1 fully saturated rings. The molecule has 0 atom stereocenters. The van der Waals surface area contributed by atoms with Crippen LogP contribution in [0.1, 0.15) is 45.1 Å². The topological polar surface area (TPSA) is 29.3 Å². The van der Waals surface area contributed by atoms with Crippen molar-refractivity contribution in [3.8, 4) is 0 Å². The molecule has 0 aromatic heterocycles. The Morgan fingerprint density at radius 3 is 2.11 bits per heavy atom. The summed E-state index contributed by atoms with van der Waals surface area (Å²) >= 11 is 4.99. The van der Waals surface area contributed by atoms with Crippen LogP contribution in [0.4, 0.5) is 5.69 Å². The predicted molar refractivity (Wildman–Crippen MR) is 86.8 cm³/mol. The number of benzene rings is 1. The van der Waals surface area contributed by atoms with Crippen molar-refractivity contribution in [1.29, 1.82) is 0 Å². The van der Waals surface area contributed by atoms with Crippen LogP contribution in [-0.2, 0) is 0 Å². The van der Waals surface area contributed by atoms with E-state index in [1.54, 1.807) is 0 Å². The van der Waals surface area contributed by atoms with E-state index >= 15 is 0 Å². The first-order valence-electron chi connectivity index (χ1n) is 7.25. The van der Waals surface area contributed by atoms with Gasteiger partial charge in [-0.1, -0.05) is 38.9 Å². The average molecular weight is 276 g/mol. The summed E-state index contributed by atoms with van der Waals surface area (Å²) in [5, 5.41) is 0. The van der Waals surface area contributed by atoms with E-state index < -0.39 is 0 Å². The molecule has 1 heterocycles. The number of nitrogens with two attached hydrogens (primary N) is 1. The molecule has 0 saturated carbocycles. The Balaban J connectivity index is 2.03. The lowest BCUT2D eigenvalue weighted by Gasteiger charge is -2.42. The van der Waals surface area contributed by atoms with Gasteiger partial charge in [0.05, 0.1) is 0 Å². The fourth-order valence-corrected chi connectivity index (χ4v) is 3.17. The molecule has 2 rings (SSSR count). The number of rotatable bonds is 4. The van der Waals surface area contributed by atoms with E-state index in [-0.39, 0.29) is 0 Å². The molecule has 0 spiro atoms. The van der Waals surface area contributed by atoms with Crippen LogP contribution in [0, 0.1) is 5.41 Å². The quantitative estimate of drug-likeness (QED) is 0.850. The van der Waals surface area contributed by atoms with Crippen LogP contribution in [0.5, 0.6) is 0 Å². The van der Waals surface area contributed by atoms with Crippen molar-refractivity contribution in [2.24, 2.45) is 11.1 Å². The highest BCUT2D eigenvalue weighted by Gasteiger charge is 2.31. The molecule has 1 aromatic carbocycles. The van der Waals surface area contributed by atoms with E-state index in [9.17, 15) is 0 Å². The first-order valence-corrected chi connectivity index (χ1v) is 7.66. The number of thiocarbonyl (C=S) groups is 1. The summed E-state index contributed by atoms with van der Waals surface area (Å²) in [5.41, 5.74) is 8.45. The zero-order valence-electron chi connectivity index (χ0n) is 12.0. The van der Waals surface area contributed by atoms with Crippen LogP contribution >= 0.6 is 12.2 Å². The van der Waals surface area contributed by atoms with Gasteiger partial charge in [-0.2, -0.15) is 0 Å². The standard InChI is InChI=1S/C16H24N2S/c1-3-16(4-2)9-11-18(12-10-16)14-7-5-13(6-8-14)15(17)19/h5-8H,3-4,9-12H2,1-2H3,(H2,17,19). The van der Waals surface area contributed by atoms with Crippen molar-refractivity contribution >= 4 is 22.9 Å². The summed E-state index contributed by atoms with van der Waals surface area (Å²) < 4.78 is 0. The molecule has 1 aromatic rings. The van der Waals surface area contributed by atoms with Gasteiger partial charge in [0.15, 0.2) is 0 Å². The molecule has 2 N–H and O–H groups in total. The van der Waals surface area contributed by atoms with E-state index in [0.29, 0.717) is 10.4 Å². The summed E-state index contributed by atoms with van der Waals surface area (Å²) in [4.78, 5) is 2.95. The molecule has 19 heavy (non-hydrogen) atoms. The maximum Gasteiger partial charge on any atom is 0.103 e. The largest absolute Gasteiger partial charge is 0.389 e. The zero-order valence-corrected chi connectivity index (χ0v) is 12.8. The van der Waals surface area contributed by atoms with Gasteiger partial charge in [0.25, 0.3) is 0 Å². The van der Waals surface area contributed by atoms with Crippen LogP contribution in [0.3, 0.4) is 0 Å². The fraction of sp³-hybridized carbons (Fsp3) is 0.562. The second-order valence-corrected chi connectivity index (χ2v) is 6.05. The minimum absolute atomic E-state index is 0.473. The summed E-state index contributed by atoms with van der Waals surface area (Å²) in [6.07, 6.45) is 5.21. The first-order chi connectivity index (χ1) is 9.10. The van der Waals surface area contributed by atoms with Crippen molar-refractivity contribution in [3.63, 3.8) is 0 Å². The average Bonchev–Trinajstić information content (AvgIpc) is 2.47. The molecule has 1 aliphatic heterocycles. The Hall–Kier alpha value is -1.09. The first kappa shape index (κ1) is 14.3. The van der Waals surface area contributed by atoms with E-state index in [0.717, 1.165) is 18.7 Å². The highest BCUT2D eigenvalue weighted by molar-refractivity contribution is 7.80. The zero-order chi connectivity index (χ0) is 13.9. The van der Waals surface area contributed by atoms with Gasteiger partial charge >= 0.3 is 0 Å². The number of nitrogens with zero attached hydrogens (tertiary/aromatic N) is 1. The normalized spacial score (nSPS) is 18.3. The third-order valence-electron chi connectivity index (χ3n) is 4.84. The van der Waals surface area contributed by atoms with Crippen LogP contribution < -0.4 is 10.6 Å². The van der Waals surface area contributed by atoms with Crippen molar-refractivity contribution in [1.82, 2.24) is 0 Å². The second-order valence-electron chi connectivity index (χ2n) is 5.61. The summed E-state index contributed by atoms with van der Waals surface area (Å²) in [6, 6.07) is 8.33. The monoisotopic (exact) mass is 276 g/mol. The SMILES string of the molecule is CCC1(CC)CCN(c2ccc(C(N)=S)cc2)CC1. The van der Waals surface area contributed by atoms with Crippen molar-refractivity contribution in [2.45, 2.75) is 39.5 Å². The van der Waals surface area contributed by atoms with Gasteiger partial charge in [0.2, 0.25) is 0 Å². The third-order valence-corrected chi connectivity index (χ3v) is 5.08. The van der Waals surface area contributed by atoms with Gasteiger partial charge in [-0.25, -0.2) is 0 Å². The maximum atomic E-state index is 5.63. The summed E-state index contributed by atoms with van der Waals surface area (Å²) in [6.45, 7) is 6.98. The van der Waals surface area contributed by atoms with Crippen LogP contribution in [0.15, 0.2) is 24.3 Å². The van der Waals surface area contributed by atoms with E-state index in [1.165, 1.54) is 31.4 Å². The lowest BCUT2D eigenvalue weighted by atomic mass is 9.74. The van der Waals surface area contributed by atoms with Gasteiger partial charge in [0, 0.05) is 24.3 Å². The smallest absolute Gasteiger partial charge is 0.103 e. The number of piperidine rings is 1. The minimum Gasteiger partial charge on any atom is -0.389 e. The second kappa shape index (κ2) is 5.91. The molecular formula is C16H24N2S. The van der Waals surface area contributed by atoms with Gasteiger partial charge in [-0.05, 0) is 42.5 Å². The molecule has 1 aliphatic rings. The molecule has 0 bridgehead atoms. The molecular weight excluding hydrogens is 252 g/mol. The van der Waals surface area contributed by atoms with E-state index in [4.69, 9.17) is 18.0 Å². The lowest BCUT2D eigenvalue weighted by molar-refractivity contribution is 0.199. The number of hydrogen-bond donors (Lipinski definition) is 1. The van der Waals surface area contributed by atoms with Crippen molar-refractivity contribution in [3.05, 3.63) is 29.8 Å². The van der Waals surface area contributed by atoms with Gasteiger partial charge < -0.3 is 10.6 Å². The number of anilines is 1. The Kier molecular flexibility index (Phi) is 4.46. The molecule has 1 saturated heterocycles. The van der Waals surface area contributed by atoms with Gasteiger partial charge in [-0.3, -0.25) is 0 Å². The maximum absolute atomic E-state index is 5.63. The molecule has 2 nitrogen and oxygen atoms in total. The Morgan fingerprint density at radius 2 is 1.68 bits per heavy atom. The van der Waals surface area contributed by atoms with Crippen LogP contribution in [0.2, 0.25) is 0 Å². The van der Waals surface area contributed by atoms with Gasteiger partial charge in [0.1, 0.15) is 4.99 Å². The lowest BCUT2D eigenvalue weighted by Crippen LogP contribution is -2.39. The van der Waals surface area contributed by atoms with Crippen LogP contribution in [-0.4, -0.2) is 18.1 Å². The van der Waals surface area contributed by atoms with E-state index in [2.05, 4.69) is 30.9 Å². The third kappa shape index (κ3) is 3.08. The Labute approximate surface area is 122 Å². The molecule has 0 amide bonds. The summed E-state index contributed by atoms with van der Waals surface area (Å²) in [5.74, 6) is 0. The van der Waals surface area contributed by atoms with Gasteiger partial charge in [-0.15, -0.1) is 0 Å². The molecule has 104 valence electrons. The Morgan fingerprint density at radius 1 is 1.16 bits per heavy atom. The molecule has 3 heteroatoms. The predicted octanol–water partition coefficient (Wildman–Crippen LogP) is 3.73. The molecule has 0 unspecified atom stereocenters. The van der Waals surface area contributed by atoms with Crippen molar-refractivity contribution < 1.29 is 0 Å². The van der Waals surface area contributed by atoms with Crippen molar-refractivity contribution in [2.75, 3.05) is 18.0 Å². The highest BCUT2D eigenvalue weighted by Crippen LogP contribution is 2.39. The Bertz CT molecular complexity index is 425. The molecule has 0 radical (unpaired) electrons.